The Labute approximate surface area is 159 Å². The number of nitrogens with zero attached hydrogens (tertiary/aromatic N) is 1. The number of para-hydroxylation sites is 1. The highest BCUT2D eigenvalue weighted by Gasteiger charge is 2.04. The van der Waals surface area contributed by atoms with Gasteiger partial charge in [-0.1, -0.05) is 49.6 Å². The summed E-state index contributed by atoms with van der Waals surface area (Å²) in [6.07, 6.45) is 9.74. The van der Waals surface area contributed by atoms with Crippen molar-refractivity contribution in [3.63, 3.8) is 0 Å². The van der Waals surface area contributed by atoms with E-state index < -0.39 is 11.7 Å². The number of amides is 1. The van der Waals surface area contributed by atoms with Crippen molar-refractivity contribution in [2.24, 2.45) is 5.73 Å². The van der Waals surface area contributed by atoms with E-state index in [-0.39, 0.29) is 5.57 Å². The van der Waals surface area contributed by atoms with Crippen LogP contribution in [0, 0.1) is 0 Å². The largest absolute Gasteiger partial charge is 0.478 e. The molecule has 2 rings (SSSR count). The standard InChI is InChI=1S/C22H27FN2O2/c1-17(21(23)22(24)26)11-7-5-3-2-4-6-10-16-27-20-15-14-18-12-8-9-13-19(18)25-20/h7-9,11-15H,2-6,10,16H2,1H3,(H2,24,26). The van der Waals surface area contributed by atoms with Crippen molar-refractivity contribution in [2.75, 3.05) is 6.61 Å². The zero-order valence-electron chi connectivity index (χ0n) is 15.8. The number of hydrogen-bond donors (Lipinski definition) is 1. The minimum absolute atomic E-state index is 0.280. The SMILES string of the molecule is CC(C=CCCCCCCCOc1ccc2ccccc2n1)=C(F)C(N)=O. The van der Waals surface area contributed by atoms with Crippen molar-refractivity contribution >= 4 is 16.8 Å². The number of aromatic nitrogens is 1. The number of benzene rings is 1. The van der Waals surface area contributed by atoms with E-state index in [0.29, 0.717) is 12.5 Å². The minimum atomic E-state index is -1.02. The summed E-state index contributed by atoms with van der Waals surface area (Å²) < 4.78 is 18.9. The number of carbonyl (C=O) groups is 1. The van der Waals surface area contributed by atoms with Gasteiger partial charge in [0.2, 0.25) is 5.88 Å². The number of fused-ring (bicyclic) bond motifs is 1. The molecule has 144 valence electrons. The molecular formula is C22H27FN2O2. The molecule has 5 heteroatoms. The molecule has 0 saturated carbocycles. The number of primary amides is 1. The summed E-state index contributed by atoms with van der Waals surface area (Å²) in [7, 11) is 0. The molecule has 4 nitrogen and oxygen atoms in total. The van der Waals surface area contributed by atoms with Gasteiger partial charge in [-0.3, -0.25) is 4.79 Å². The molecule has 0 spiro atoms. The van der Waals surface area contributed by atoms with Gasteiger partial charge < -0.3 is 10.5 Å². The van der Waals surface area contributed by atoms with Crippen LogP contribution in [0.25, 0.3) is 10.9 Å². The van der Waals surface area contributed by atoms with E-state index in [1.54, 1.807) is 13.0 Å². The molecule has 1 aromatic carbocycles. The van der Waals surface area contributed by atoms with Gasteiger partial charge in [-0.05, 0) is 43.9 Å². The number of halogens is 1. The fraction of sp³-hybridized carbons (Fsp3) is 0.364. The van der Waals surface area contributed by atoms with Gasteiger partial charge in [0.05, 0.1) is 12.1 Å². The van der Waals surface area contributed by atoms with Crippen LogP contribution in [0.15, 0.2) is 60.0 Å². The number of ether oxygens (including phenoxy) is 1. The van der Waals surface area contributed by atoms with Gasteiger partial charge in [-0.25, -0.2) is 9.37 Å². The van der Waals surface area contributed by atoms with Crippen LogP contribution in [-0.2, 0) is 4.79 Å². The zero-order valence-corrected chi connectivity index (χ0v) is 15.8. The second-order valence-electron chi connectivity index (χ2n) is 6.51. The molecule has 0 unspecified atom stereocenters. The lowest BCUT2D eigenvalue weighted by atomic mass is 10.1. The Morgan fingerprint density at radius 3 is 2.67 bits per heavy atom. The lowest BCUT2D eigenvalue weighted by Gasteiger charge is -2.06. The summed E-state index contributed by atoms with van der Waals surface area (Å²) in [5.74, 6) is -1.21. The lowest BCUT2D eigenvalue weighted by molar-refractivity contribution is -0.115. The fourth-order valence-corrected chi connectivity index (χ4v) is 2.73. The molecule has 0 aliphatic rings. The Kier molecular flexibility index (Phi) is 8.49. The number of nitrogens with two attached hydrogens (primary N) is 1. The van der Waals surface area contributed by atoms with E-state index in [4.69, 9.17) is 10.5 Å². The maximum absolute atomic E-state index is 13.2. The molecular weight excluding hydrogens is 343 g/mol. The van der Waals surface area contributed by atoms with Crippen LogP contribution in [0.2, 0.25) is 0 Å². The Balaban J connectivity index is 1.54. The zero-order chi connectivity index (χ0) is 19.5. The van der Waals surface area contributed by atoms with Gasteiger partial charge in [0.1, 0.15) is 0 Å². The van der Waals surface area contributed by atoms with E-state index in [2.05, 4.69) is 4.98 Å². The maximum Gasteiger partial charge on any atom is 0.277 e. The second kappa shape index (κ2) is 11.1. The molecule has 0 atom stereocenters. The molecule has 1 heterocycles. The van der Waals surface area contributed by atoms with Crippen LogP contribution >= 0.6 is 0 Å². The van der Waals surface area contributed by atoms with Crippen LogP contribution in [0.4, 0.5) is 4.39 Å². The first kappa shape index (κ1) is 20.6. The first-order chi connectivity index (χ1) is 13.1. The number of pyridine rings is 1. The molecule has 0 aliphatic heterocycles. The molecule has 2 N–H and O–H groups in total. The molecule has 0 bridgehead atoms. The van der Waals surface area contributed by atoms with E-state index in [1.165, 1.54) is 0 Å². The highest BCUT2D eigenvalue weighted by Crippen LogP contribution is 2.16. The Morgan fingerprint density at radius 2 is 1.85 bits per heavy atom. The summed E-state index contributed by atoms with van der Waals surface area (Å²) in [4.78, 5) is 15.2. The average molecular weight is 370 g/mol. The smallest absolute Gasteiger partial charge is 0.277 e. The molecule has 27 heavy (non-hydrogen) atoms. The normalized spacial score (nSPS) is 12.4. The first-order valence-electron chi connectivity index (χ1n) is 9.39. The van der Waals surface area contributed by atoms with Gasteiger partial charge in [0.25, 0.3) is 5.91 Å². The lowest BCUT2D eigenvalue weighted by Crippen LogP contribution is -2.11. The third-order valence-electron chi connectivity index (χ3n) is 4.27. The summed E-state index contributed by atoms with van der Waals surface area (Å²) in [5.41, 5.74) is 6.12. The van der Waals surface area contributed by atoms with Crippen LogP contribution in [-0.4, -0.2) is 17.5 Å². The van der Waals surface area contributed by atoms with Crippen LogP contribution in [0.3, 0.4) is 0 Å². The third kappa shape index (κ3) is 7.21. The number of hydrogen-bond acceptors (Lipinski definition) is 3. The van der Waals surface area contributed by atoms with Crippen molar-refractivity contribution in [1.29, 1.82) is 0 Å². The van der Waals surface area contributed by atoms with Gasteiger partial charge >= 0.3 is 0 Å². The summed E-state index contributed by atoms with van der Waals surface area (Å²) in [6, 6.07) is 11.9. The second-order valence-corrected chi connectivity index (χ2v) is 6.51. The third-order valence-corrected chi connectivity index (χ3v) is 4.27. The van der Waals surface area contributed by atoms with Crippen molar-refractivity contribution < 1.29 is 13.9 Å². The van der Waals surface area contributed by atoms with Gasteiger partial charge in [0.15, 0.2) is 5.83 Å². The van der Waals surface area contributed by atoms with E-state index in [1.807, 2.05) is 42.5 Å². The summed E-state index contributed by atoms with van der Waals surface area (Å²) >= 11 is 0. The van der Waals surface area contributed by atoms with Crippen molar-refractivity contribution in [3.8, 4) is 5.88 Å². The topological polar surface area (TPSA) is 65.2 Å². The van der Waals surface area contributed by atoms with Crippen molar-refractivity contribution in [1.82, 2.24) is 4.98 Å². The highest BCUT2D eigenvalue weighted by molar-refractivity contribution is 5.90. The highest BCUT2D eigenvalue weighted by atomic mass is 19.1. The van der Waals surface area contributed by atoms with Crippen LogP contribution < -0.4 is 10.5 Å². The van der Waals surface area contributed by atoms with Crippen LogP contribution in [0.1, 0.15) is 45.4 Å². The first-order valence-corrected chi connectivity index (χ1v) is 9.39. The monoisotopic (exact) mass is 370 g/mol. The molecule has 0 saturated heterocycles. The van der Waals surface area contributed by atoms with Crippen LogP contribution in [0.5, 0.6) is 5.88 Å². The Morgan fingerprint density at radius 1 is 1.11 bits per heavy atom. The number of carbonyl (C=O) groups excluding carboxylic acids is 1. The quantitative estimate of drug-likeness (QED) is 0.334. The average Bonchev–Trinajstić information content (AvgIpc) is 2.68. The van der Waals surface area contributed by atoms with E-state index >= 15 is 0 Å². The van der Waals surface area contributed by atoms with Gasteiger partial charge in [-0.15, -0.1) is 0 Å². The van der Waals surface area contributed by atoms with E-state index in [0.717, 1.165) is 49.4 Å². The van der Waals surface area contributed by atoms with E-state index in [9.17, 15) is 9.18 Å². The molecule has 0 radical (unpaired) electrons. The maximum atomic E-state index is 13.2. The van der Waals surface area contributed by atoms with Gasteiger partial charge in [0, 0.05) is 11.5 Å². The van der Waals surface area contributed by atoms with Crippen molar-refractivity contribution in [2.45, 2.75) is 45.4 Å². The molecule has 0 fully saturated rings. The predicted molar refractivity (Wildman–Crippen MR) is 107 cm³/mol. The molecule has 0 aliphatic carbocycles. The molecule has 2 aromatic rings. The molecule has 1 aromatic heterocycles. The molecule has 1 amide bonds. The Hall–Kier alpha value is -2.69. The number of allylic oxidation sites excluding steroid dienone is 3. The Bertz CT molecular complexity index is 815. The number of rotatable bonds is 11. The minimum Gasteiger partial charge on any atom is -0.478 e. The fourth-order valence-electron chi connectivity index (χ4n) is 2.73. The van der Waals surface area contributed by atoms with Crippen molar-refractivity contribution in [3.05, 3.63) is 60.0 Å². The summed E-state index contributed by atoms with van der Waals surface area (Å²) in [6.45, 7) is 2.21. The summed E-state index contributed by atoms with van der Waals surface area (Å²) in [5, 5.41) is 1.11. The predicted octanol–water partition coefficient (Wildman–Crippen LogP) is 5.24. The number of unbranched alkanes of at least 4 members (excludes halogenated alkanes) is 5. The van der Waals surface area contributed by atoms with Gasteiger partial charge in [-0.2, -0.15) is 0 Å².